The Morgan fingerprint density at radius 2 is 1.61 bits per heavy atom. The number of carbonyl (C=O) groups excluding carboxylic acids is 1. The normalized spacial score (nSPS) is 15.3. The minimum atomic E-state index is 0.00739. The van der Waals surface area contributed by atoms with Crippen LogP contribution in [0, 0.1) is 6.92 Å². The van der Waals surface area contributed by atoms with Crippen molar-refractivity contribution in [3.8, 4) is 28.4 Å². The SMILES string of the molecule is Cc1ccc(-n2nc(-c3ccccc3)cc2C(=O)N2CCN(Cc3ccc4c(c3)OCO4)CC2)cc1. The highest BCUT2D eigenvalue weighted by atomic mass is 16.7. The predicted octanol–water partition coefficient (Wildman–Crippen LogP) is 4.53. The predicted molar refractivity (Wildman–Crippen MR) is 137 cm³/mol. The third-order valence-corrected chi connectivity index (χ3v) is 6.78. The van der Waals surface area contributed by atoms with Gasteiger partial charge in [0.15, 0.2) is 11.5 Å². The Labute approximate surface area is 210 Å². The van der Waals surface area contributed by atoms with Crippen LogP contribution in [0.15, 0.2) is 78.9 Å². The minimum Gasteiger partial charge on any atom is -0.454 e. The van der Waals surface area contributed by atoms with Gasteiger partial charge in [-0.05, 0) is 42.8 Å². The van der Waals surface area contributed by atoms with E-state index in [0.29, 0.717) is 18.8 Å². The molecule has 3 heterocycles. The van der Waals surface area contributed by atoms with Crippen LogP contribution in [0.1, 0.15) is 21.6 Å². The number of amides is 1. The monoisotopic (exact) mass is 480 g/mol. The van der Waals surface area contributed by atoms with Crippen molar-refractivity contribution < 1.29 is 14.3 Å². The van der Waals surface area contributed by atoms with Crippen LogP contribution < -0.4 is 9.47 Å². The maximum absolute atomic E-state index is 13.7. The van der Waals surface area contributed by atoms with Gasteiger partial charge in [-0.2, -0.15) is 5.10 Å². The summed E-state index contributed by atoms with van der Waals surface area (Å²) in [6.07, 6.45) is 0. The van der Waals surface area contributed by atoms with E-state index in [-0.39, 0.29) is 12.7 Å². The fourth-order valence-electron chi connectivity index (χ4n) is 4.73. The summed E-state index contributed by atoms with van der Waals surface area (Å²) in [6.45, 7) is 6.11. The molecule has 3 aromatic carbocycles. The summed E-state index contributed by atoms with van der Waals surface area (Å²) in [5.41, 5.74) is 5.60. The number of fused-ring (bicyclic) bond motifs is 1. The second-order valence-electron chi connectivity index (χ2n) is 9.28. The van der Waals surface area contributed by atoms with Gasteiger partial charge in [0.2, 0.25) is 6.79 Å². The summed E-state index contributed by atoms with van der Waals surface area (Å²) < 4.78 is 12.7. The topological polar surface area (TPSA) is 59.8 Å². The summed E-state index contributed by atoms with van der Waals surface area (Å²) in [5.74, 6) is 1.61. The maximum Gasteiger partial charge on any atom is 0.272 e. The molecule has 2 aliphatic rings. The van der Waals surface area contributed by atoms with Crippen LogP contribution in [0.25, 0.3) is 16.9 Å². The molecule has 182 valence electrons. The molecule has 0 unspecified atom stereocenters. The molecule has 0 saturated carbocycles. The Bertz CT molecular complexity index is 1370. The standard InChI is InChI=1S/C29H28N4O3/c1-21-7-10-24(11-8-21)33-26(18-25(30-33)23-5-3-2-4-6-23)29(34)32-15-13-31(14-16-32)19-22-9-12-27-28(17-22)36-20-35-27/h2-12,17-18H,13-16,19-20H2,1H3. The molecular weight excluding hydrogens is 452 g/mol. The largest absolute Gasteiger partial charge is 0.454 e. The van der Waals surface area contributed by atoms with E-state index < -0.39 is 0 Å². The third-order valence-electron chi connectivity index (χ3n) is 6.78. The number of aryl methyl sites for hydroxylation is 1. The lowest BCUT2D eigenvalue weighted by molar-refractivity contribution is 0.0619. The van der Waals surface area contributed by atoms with Crippen molar-refractivity contribution in [2.75, 3.05) is 33.0 Å². The maximum atomic E-state index is 13.7. The zero-order valence-electron chi connectivity index (χ0n) is 20.3. The van der Waals surface area contributed by atoms with Gasteiger partial charge in [-0.1, -0.05) is 54.1 Å². The average molecular weight is 481 g/mol. The average Bonchev–Trinajstić information content (AvgIpc) is 3.57. The van der Waals surface area contributed by atoms with Crippen LogP contribution in [0.3, 0.4) is 0 Å². The van der Waals surface area contributed by atoms with E-state index in [0.717, 1.165) is 48.1 Å². The third kappa shape index (κ3) is 4.45. The molecular formula is C29H28N4O3. The number of carbonyl (C=O) groups is 1. The van der Waals surface area contributed by atoms with Crippen LogP contribution in [-0.4, -0.2) is 58.5 Å². The number of rotatable bonds is 5. The van der Waals surface area contributed by atoms with Gasteiger partial charge in [0.05, 0.1) is 11.4 Å². The Kier molecular flexibility index (Phi) is 5.91. The van der Waals surface area contributed by atoms with E-state index in [9.17, 15) is 4.79 Å². The number of hydrogen-bond donors (Lipinski definition) is 0. The van der Waals surface area contributed by atoms with E-state index in [1.165, 1.54) is 11.1 Å². The number of ether oxygens (including phenoxy) is 2. The molecule has 7 heteroatoms. The molecule has 4 aromatic rings. The van der Waals surface area contributed by atoms with Crippen molar-refractivity contribution in [2.24, 2.45) is 0 Å². The lowest BCUT2D eigenvalue weighted by atomic mass is 10.1. The molecule has 1 saturated heterocycles. The van der Waals surface area contributed by atoms with E-state index in [4.69, 9.17) is 14.6 Å². The molecule has 1 fully saturated rings. The number of piperazine rings is 1. The highest BCUT2D eigenvalue weighted by Gasteiger charge is 2.26. The van der Waals surface area contributed by atoms with E-state index in [1.54, 1.807) is 4.68 Å². The molecule has 0 atom stereocenters. The van der Waals surface area contributed by atoms with Crippen molar-refractivity contribution >= 4 is 5.91 Å². The molecule has 0 bridgehead atoms. The van der Waals surface area contributed by atoms with Crippen molar-refractivity contribution in [2.45, 2.75) is 13.5 Å². The van der Waals surface area contributed by atoms with E-state index >= 15 is 0 Å². The first-order valence-electron chi connectivity index (χ1n) is 12.3. The molecule has 0 aliphatic carbocycles. The number of hydrogen-bond acceptors (Lipinski definition) is 5. The van der Waals surface area contributed by atoms with Crippen LogP contribution in [0.5, 0.6) is 11.5 Å². The van der Waals surface area contributed by atoms with Crippen LogP contribution in [0.4, 0.5) is 0 Å². The Balaban J connectivity index is 1.20. The molecule has 0 radical (unpaired) electrons. The number of nitrogens with zero attached hydrogens (tertiary/aromatic N) is 4. The van der Waals surface area contributed by atoms with Gasteiger partial charge in [0.1, 0.15) is 5.69 Å². The van der Waals surface area contributed by atoms with Crippen LogP contribution in [0.2, 0.25) is 0 Å². The summed E-state index contributed by atoms with van der Waals surface area (Å²) in [4.78, 5) is 18.0. The van der Waals surface area contributed by atoms with E-state index in [1.807, 2.05) is 77.7 Å². The first-order valence-corrected chi connectivity index (χ1v) is 12.3. The second-order valence-corrected chi connectivity index (χ2v) is 9.28. The van der Waals surface area contributed by atoms with Gasteiger partial charge >= 0.3 is 0 Å². The fourth-order valence-corrected chi connectivity index (χ4v) is 4.73. The highest BCUT2D eigenvalue weighted by molar-refractivity contribution is 5.94. The van der Waals surface area contributed by atoms with Gasteiger partial charge < -0.3 is 14.4 Å². The smallest absolute Gasteiger partial charge is 0.272 e. The molecule has 0 spiro atoms. The van der Waals surface area contributed by atoms with Crippen LogP contribution >= 0.6 is 0 Å². The van der Waals surface area contributed by atoms with Crippen molar-refractivity contribution in [3.05, 3.63) is 95.7 Å². The van der Waals surface area contributed by atoms with E-state index in [2.05, 4.69) is 17.9 Å². The summed E-state index contributed by atoms with van der Waals surface area (Å²) in [7, 11) is 0. The summed E-state index contributed by atoms with van der Waals surface area (Å²) in [6, 6.07) is 26.1. The van der Waals surface area contributed by atoms with Gasteiger partial charge in [0, 0.05) is 38.3 Å². The molecule has 7 nitrogen and oxygen atoms in total. The lowest BCUT2D eigenvalue weighted by Crippen LogP contribution is -2.48. The molecule has 36 heavy (non-hydrogen) atoms. The van der Waals surface area contributed by atoms with Crippen molar-refractivity contribution in [1.29, 1.82) is 0 Å². The molecule has 1 amide bonds. The number of benzene rings is 3. The Hall–Kier alpha value is -4.10. The lowest BCUT2D eigenvalue weighted by Gasteiger charge is -2.34. The van der Waals surface area contributed by atoms with Gasteiger partial charge in [0.25, 0.3) is 5.91 Å². The summed E-state index contributed by atoms with van der Waals surface area (Å²) >= 11 is 0. The Morgan fingerprint density at radius 3 is 2.39 bits per heavy atom. The van der Waals surface area contributed by atoms with Crippen LogP contribution in [-0.2, 0) is 6.54 Å². The molecule has 6 rings (SSSR count). The quantitative estimate of drug-likeness (QED) is 0.420. The fraction of sp³-hybridized carbons (Fsp3) is 0.241. The van der Waals surface area contributed by atoms with Gasteiger partial charge in [-0.25, -0.2) is 4.68 Å². The second kappa shape index (κ2) is 9.51. The van der Waals surface area contributed by atoms with Gasteiger partial charge in [-0.3, -0.25) is 9.69 Å². The number of aromatic nitrogens is 2. The van der Waals surface area contributed by atoms with Crippen molar-refractivity contribution in [3.63, 3.8) is 0 Å². The van der Waals surface area contributed by atoms with Gasteiger partial charge in [-0.15, -0.1) is 0 Å². The van der Waals surface area contributed by atoms with Crippen molar-refractivity contribution in [1.82, 2.24) is 19.6 Å². The first-order chi connectivity index (χ1) is 17.6. The zero-order chi connectivity index (χ0) is 24.5. The zero-order valence-corrected chi connectivity index (χ0v) is 20.3. The molecule has 0 N–H and O–H groups in total. The highest BCUT2D eigenvalue weighted by Crippen LogP contribution is 2.33. The molecule has 2 aliphatic heterocycles. The Morgan fingerprint density at radius 1 is 0.861 bits per heavy atom. The molecule has 1 aromatic heterocycles. The minimum absolute atomic E-state index is 0.00739. The first kappa shape index (κ1) is 22.4. The summed E-state index contributed by atoms with van der Waals surface area (Å²) in [5, 5.41) is 4.83.